The molecule has 15 heavy (non-hydrogen) atoms. The summed E-state index contributed by atoms with van der Waals surface area (Å²) in [7, 11) is 1.27. The maximum Gasteiger partial charge on any atom is 0.446 e. The average Bonchev–Trinajstić information content (AvgIpc) is 2.14. The number of ether oxygens (including phenoxy) is 1. The number of aliphatic hydroxyl groups is 1. The van der Waals surface area contributed by atoms with Crippen LogP contribution in [-0.2, 0) is 4.74 Å². The van der Waals surface area contributed by atoms with Crippen molar-refractivity contribution in [3.8, 4) is 0 Å². The van der Waals surface area contributed by atoms with E-state index in [1.807, 2.05) is 0 Å². The van der Waals surface area contributed by atoms with Crippen molar-refractivity contribution in [1.82, 2.24) is 0 Å². The molecule has 0 saturated carbocycles. The molecule has 1 aromatic carbocycles. The summed E-state index contributed by atoms with van der Waals surface area (Å²) < 4.78 is 40.7. The first kappa shape index (κ1) is 12.4. The molecule has 6 heteroatoms. The third-order valence-electron chi connectivity index (χ3n) is 1.60. The van der Waals surface area contributed by atoms with Gasteiger partial charge >= 0.3 is 5.51 Å². The highest BCUT2D eigenvalue weighted by molar-refractivity contribution is 8.00. The van der Waals surface area contributed by atoms with Gasteiger partial charge < -0.3 is 9.84 Å². The number of hydrogen-bond acceptors (Lipinski definition) is 3. The van der Waals surface area contributed by atoms with Crippen LogP contribution in [0.2, 0.25) is 0 Å². The largest absolute Gasteiger partial charge is 0.446 e. The number of rotatable bonds is 3. The van der Waals surface area contributed by atoms with Crippen molar-refractivity contribution in [3.63, 3.8) is 0 Å². The van der Waals surface area contributed by atoms with Crippen molar-refractivity contribution in [2.45, 2.75) is 16.7 Å². The topological polar surface area (TPSA) is 29.5 Å². The van der Waals surface area contributed by atoms with Crippen LogP contribution < -0.4 is 0 Å². The molecule has 0 heterocycles. The van der Waals surface area contributed by atoms with Crippen LogP contribution in [0.3, 0.4) is 0 Å². The second-order valence-electron chi connectivity index (χ2n) is 2.71. The van der Waals surface area contributed by atoms with E-state index in [1.165, 1.54) is 31.4 Å². The van der Waals surface area contributed by atoms with Gasteiger partial charge in [0.25, 0.3) is 0 Å². The summed E-state index contributed by atoms with van der Waals surface area (Å²) >= 11 is -0.224. The summed E-state index contributed by atoms with van der Waals surface area (Å²) in [4.78, 5) is 0.0242. The molecule has 84 valence electrons. The lowest BCUT2D eigenvalue weighted by Crippen LogP contribution is -2.01. The number of methoxy groups -OCH3 is 1. The fourth-order valence-corrected chi connectivity index (χ4v) is 1.61. The van der Waals surface area contributed by atoms with Crippen LogP contribution in [0.1, 0.15) is 11.9 Å². The molecule has 2 nitrogen and oxygen atoms in total. The predicted molar refractivity (Wildman–Crippen MR) is 50.3 cm³/mol. The second-order valence-corrected chi connectivity index (χ2v) is 3.85. The third kappa shape index (κ3) is 4.11. The van der Waals surface area contributed by atoms with E-state index >= 15 is 0 Å². The molecule has 0 fully saturated rings. The summed E-state index contributed by atoms with van der Waals surface area (Å²) in [5, 5.41) is 9.24. The fourth-order valence-electron chi connectivity index (χ4n) is 1.00. The number of benzene rings is 1. The Morgan fingerprint density at radius 1 is 1.40 bits per heavy atom. The molecule has 1 aromatic rings. The molecule has 0 bridgehead atoms. The van der Waals surface area contributed by atoms with Gasteiger partial charge in [-0.2, -0.15) is 13.2 Å². The Morgan fingerprint density at radius 2 is 2.07 bits per heavy atom. The summed E-state index contributed by atoms with van der Waals surface area (Å²) in [6.07, 6.45) is -1.20. The van der Waals surface area contributed by atoms with E-state index in [9.17, 15) is 18.3 Å². The zero-order chi connectivity index (χ0) is 11.5. The smallest absolute Gasteiger partial charge is 0.364 e. The van der Waals surface area contributed by atoms with Crippen molar-refractivity contribution in [3.05, 3.63) is 29.8 Å². The molecule has 1 rings (SSSR count). The Morgan fingerprint density at radius 3 is 2.60 bits per heavy atom. The number of thioether (sulfide) groups is 1. The van der Waals surface area contributed by atoms with Crippen molar-refractivity contribution in [2.75, 3.05) is 7.11 Å². The summed E-state index contributed by atoms with van der Waals surface area (Å²) in [5.74, 6) is 0. The normalized spacial score (nSPS) is 13.9. The quantitative estimate of drug-likeness (QED) is 0.648. The molecule has 0 radical (unpaired) electrons. The van der Waals surface area contributed by atoms with Crippen molar-refractivity contribution >= 4 is 11.8 Å². The van der Waals surface area contributed by atoms with Gasteiger partial charge in [-0.15, -0.1) is 0 Å². The molecule has 1 atom stereocenters. The van der Waals surface area contributed by atoms with E-state index in [1.54, 1.807) is 0 Å². The SMILES string of the molecule is COC(O)c1cccc(SC(F)(F)F)c1. The minimum atomic E-state index is -4.32. The molecule has 0 aliphatic heterocycles. The molecule has 0 aromatic heterocycles. The number of alkyl halides is 3. The van der Waals surface area contributed by atoms with Crippen LogP contribution in [0, 0.1) is 0 Å². The molecular weight excluding hydrogens is 229 g/mol. The molecule has 0 amide bonds. The lowest BCUT2D eigenvalue weighted by Gasteiger charge is -2.10. The van der Waals surface area contributed by atoms with E-state index in [-0.39, 0.29) is 16.7 Å². The van der Waals surface area contributed by atoms with Crippen LogP contribution >= 0.6 is 11.8 Å². The Kier molecular flexibility index (Phi) is 4.01. The fraction of sp³-hybridized carbons (Fsp3) is 0.333. The minimum Gasteiger partial charge on any atom is -0.364 e. The highest BCUT2D eigenvalue weighted by atomic mass is 32.2. The number of halogens is 3. The van der Waals surface area contributed by atoms with Gasteiger partial charge in [-0.3, -0.25) is 0 Å². The lowest BCUT2D eigenvalue weighted by atomic mass is 10.2. The molecule has 1 unspecified atom stereocenters. The minimum absolute atomic E-state index is 0.0242. The van der Waals surface area contributed by atoms with Gasteiger partial charge in [0, 0.05) is 17.6 Å². The third-order valence-corrected chi connectivity index (χ3v) is 2.32. The Bertz CT molecular complexity index is 327. The zero-order valence-corrected chi connectivity index (χ0v) is 8.60. The van der Waals surface area contributed by atoms with E-state index < -0.39 is 11.8 Å². The summed E-state index contributed by atoms with van der Waals surface area (Å²) in [5.41, 5.74) is -4.02. The molecule has 1 N–H and O–H groups in total. The molecule has 0 aliphatic rings. The van der Waals surface area contributed by atoms with Gasteiger partial charge in [0.15, 0.2) is 6.29 Å². The molecule has 0 saturated heterocycles. The highest BCUT2D eigenvalue weighted by Crippen LogP contribution is 2.37. The van der Waals surface area contributed by atoms with Crippen molar-refractivity contribution in [2.24, 2.45) is 0 Å². The van der Waals surface area contributed by atoms with Crippen LogP contribution in [-0.4, -0.2) is 17.7 Å². The van der Waals surface area contributed by atoms with Crippen molar-refractivity contribution in [1.29, 1.82) is 0 Å². The number of hydrogen-bond donors (Lipinski definition) is 1. The van der Waals surface area contributed by atoms with Crippen LogP contribution in [0.15, 0.2) is 29.2 Å². The van der Waals surface area contributed by atoms with E-state index in [0.29, 0.717) is 5.56 Å². The Hall–Kier alpha value is -0.720. The molecule has 0 spiro atoms. The molecular formula is C9H9F3O2S. The highest BCUT2D eigenvalue weighted by Gasteiger charge is 2.29. The first-order valence-corrected chi connectivity index (χ1v) is 4.80. The monoisotopic (exact) mass is 238 g/mol. The maximum atomic E-state index is 12.0. The zero-order valence-electron chi connectivity index (χ0n) is 7.78. The predicted octanol–water partition coefficient (Wildman–Crippen LogP) is 2.94. The van der Waals surface area contributed by atoms with Gasteiger partial charge in [0.1, 0.15) is 0 Å². The number of aliphatic hydroxyl groups excluding tert-OH is 1. The first-order chi connectivity index (χ1) is 6.92. The Balaban J connectivity index is 2.83. The van der Waals surface area contributed by atoms with Crippen molar-refractivity contribution < 1.29 is 23.0 Å². The van der Waals surface area contributed by atoms with Crippen LogP contribution in [0.5, 0.6) is 0 Å². The standard InChI is InChI=1S/C9H9F3O2S/c1-14-8(13)6-3-2-4-7(5-6)15-9(10,11)12/h2-5,8,13H,1H3. The van der Waals surface area contributed by atoms with E-state index in [0.717, 1.165) is 0 Å². The van der Waals surface area contributed by atoms with Gasteiger partial charge in [-0.1, -0.05) is 12.1 Å². The van der Waals surface area contributed by atoms with Gasteiger partial charge in [0.2, 0.25) is 0 Å². The second kappa shape index (κ2) is 4.87. The van der Waals surface area contributed by atoms with Gasteiger partial charge in [-0.25, -0.2) is 0 Å². The Labute approximate surface area is 89.1 Å². The first-order valence-electron chi connectivity index (χ1n) is 3.99. The van der Waals surface area contributed by atoms with Gasteiger partial charge in [0.05, 0.1) is 0 Å². The van der Waals surface area contributed by atoms with E-state index in [2.05, 4.69) is 4.74 Å². The van der Waals surface area contributed by atoms with Gasteiger partial charge in [-0.05, 0) is 23.9 Å². The lowest BCUT2D eigenvalue weighted by molar-refractivity contribution is -0.0771. The summed E-state index contributed by atoms with van der Waals surface area (Å²) in [6, 6.07) is 5.50. The van der Waals surface area contributed by atoms with Crippen LogP contribution in [0.4, 0.5) is 13.2 Å². The van der Waals surface area contributed by atoms with E-state index in [4.69, 9.17) is 0 Å². The average molecular weight is 238 g/mol. The van der Waals surface area contributed by atoms with Crippen LogP contribution in [0.25, 0.3) is 0 Å². The molecule has 0 aliphatic carbocycles. The summed E-state index contributed by atoms with van der Waals surface area (Å²) in [6.45, 7) is 0. The maximum absolute atomic E-state index is 12.0.